The smallest absolute Gasteiger partial charge is 0.315 e. The third-order valence-electron chi connectivity index (χ3n) is 2.29. The van der Waals surface area contributed by atoms with Crippen LogP contribution in [0.25, 0.3) is 0 Å². The number of hydrogen-bond acceptors (Lipinski definition) is 2. The number of amides is 2. The number of ether oxygens (including phenoxy) is 1. The number of hydrogen-bond donors (Lipinski definition) is 2. The molecular formula is C16H26N2O2. The molecule has 1 aromatic carbocycles. The first-order valence-corrected chi connectivity index (χ1v) is 6.89. The molecule has 0 aliphatic carbocycles. The van der Waals surface area contributed by atoms with Crippen LogP contribution in [0.1, 0.15) is 47.1 Å². The van der Waals surface area contributed by atoms with Gasteiger partial charge in [-0.3, -0.25) is 0 Å². The predicted molar refractivity (Wildman–Crippen MR) is 81.9 cm³/mol. The molecule has 0 heterocycles. The van der Waals surface area contributed by atoms with E-state index < -0.39 is 0 Å². The normalized spacial score (nSPS) is 11.9. The molecule has 0 fully saturated rings. The molecule has 0 bridgehead atoms. The molecule has 1 rings (SSSR count). The first-order valence-electron chi connectivity index (χ1n) is 6.89. The van der Waals surface area contributed by atoms with Crippen LogP contribution in [0.2, 0.25) is 0 Å². The van der Waals surface area contributed by atoms with Crippen molar-refractivity contribution in [1.29, 1.82) is 0 Å². The fourth-order valence-corrected chi connectivity index (χ4v) is 1.60. The maximum atomic E-state index is 11.6. The van der Waals surface area contributed by atoms with Crippen LogP contribution in [0.3, 0.4) is 0 Å². The zero-order valence-corrected chi connectivity index (χ0v) is 13.3. The summed E-state index contributed by atoms with van der Waals surface area (Å²) in [6.07, 6.45) is 0. The zero-order valence-electron chi connectivity index (χ0n) is 13.3. The molecular weight excluding hydrogens is 252 g/mol. The topological polar surface area (TPSA) is 50.4 Å². The first-order chi connectivity index (χ1) is 9.05. The summed E-state index contributed by atoms with van der Waals surface area (Å²) in [5, 5.41) is 5.69. The van der Waals surface area contributed by atoms with Gasteiger partial charge >= 0.3 is 6.03 Å². The van der Waals surface area contributed by atoms with Crippen molar-refractivity contribution in [1.82, 2.24) is 10.6 Å². The van der Waals surface area contributed by atoms with E-state index in [2.05, 4.69) is 10.6 Å². The molecule has 0 aromatic heterocycles. The van der Waals surface area contributed by atoms with Gasteiger partial charge in [0.1, 0.15) is 11.4 Å². The summed E-state index contributed by atoms with van der Waals surface area (Å²) in [5.41, 5.74) is 0.608. The van der Waals surface area contributed by atoms with Gasteiger partial charge in [-0.15, -0.1) is 0 Å². The molecule has 0 aliphatic rings. The van der Waals surface area contributed by atoms with Crippen molar-refractivity contribution in [3.63, 3.8) is 0 Å². The maximum absolute atomic E-state index is 11.6. The van der Waals surface area contributed by atoms with Gasteiger partial charge < -0.3 is 15.4 Å². The Kier molecular flexibility index (Phi) is 5.03. The average molecular weight is 278 g/mol. The van der Waals surface area contributed by atoms with Gasteiger partial charge in [-0.2, -0.15) is 0 Å². The molecule has 1 aromatic rings. The van der Waals surface area contributed by atoms with Gasteiger partial charge in [0.25, 0.3) is 0 Å². The lowest BCUT2D eigenvalue weighted by atomic mass is 10.1. The second-order valence-corrected chi connectivity index (χ2v) is 6.92. The quantitative estimate of drug-likeness (QED) is 0.889. The van der Waals surface area contributed by atoms with E-state index in [1.165, 1.54) is 0 Å². The molecule has 4 nitrogen and oxygen atoms in total. The summed E-state index contributed by atoms with van der Waals surface area (Å²) in [4.78, 5) is 11.6. The van der Waals surface area contributed by atoms with E-state index >= 15 is 0 Å². The fourth-order valence-electron chi connectivity index (χ4n) is 1.60. The van der Waals surface area contributed by atoms with Gasteiger partial charge in [-0.25, -0.2) is 4.79 Å². The van der Waals surface area contributed by atoms with E-state index in [9.17, 15) is 4.79 Å². The van der Waals surface area contributed by atoms with Gasteiger partial charge in [0.2, 0.25) is 0 Å². The largest absolute Gasteiger partial charge is 0.488 e. The van der Waals surface area contributed by atoms with Gasteiger partial charge in [0, 0.05) is 12.1 Å². The van der Waals surface area contributed by atoms with E-state index in [1.807, 2.05) is 65.8 Å². The summed E-state index contributed by atoms with van der Waals surface area (Å²) in [6, 6.07) is 7.59. The Labute approximate surface area is 121 Å². The third-order valence-corrected chi connectivity index (χ3v) is 2.29. The van der Waals surface area contributed by atoms with Crippen LogP contribution < -0.4 is 15.4 Å². The highest BCUT2D eigenvalue weighted by Gasteiger charge is 2.13. The monoisotopic (exact) mass is 278 g/mol. The Morgan fingerprint density at radius 3 is 2.05 bits per heavy atom. The average Bonchev–Trinajstić information content (AvgIpc) is 2.23. The minimum absolute atomic E-state index is 0.160. The van der Waals surface area contributed by atoms with Crippen LogP contribution in [-0.4, -0.2) is 17.2 Å². The molecule has 0 atom stereocenters. The minimum atomic E-state index is -0.228. The molecule has 0 aliphatic heterocycles. The van der Waals surface area contributed by atoms with Crippen molar-refractivity contribution >= 4 is 6.03 Å². The Balaban J connectivity index is 2.48. The lowest BCUT2D eigenvalue weighted by Gasteiger charge is -2.22. The van der Waals surface area contributed by atoms with Gasteiger partial charge in [-0.05, 0) is 59.2 Å². The third kappa shape index (κ3) is 7.02. The summed E-state index contributed by atoms with van der Waals surface area (Å²) in [7, 11) is 0. The van der Waals surface area contributed by atoms with Crippen LogP contribution in [0.15, 0.2) is 24.3 Å². The van der Waals surface area contributed by atoms with Crippen LogP contribution in [0.4, 0.5) is 4.79 Å². The summed E-state index contributed by atoms with van der Waals surface area (Å²) < 4.78 is 5.75. The second-order valence-electron chi connectivity index (χ2n) is 6.92. The minimum Gasteiger partial charge on any atom is -0.488 e. The summed E-state index contributed by atoms with van der Waals surface area (Å²) in [6.45, 7) is 12.4. The molecule has 2 N–H and O–H groups in total. The fraction of sp³-hybridized carbons (Fsp3) is 0.562. The van der Waals surface area contributed by atoms with Crippen LogP contribution in [0, 0.1) is 0 Å². The Morgan fingerprint density at radius 2 is 1.60 bits per heavy atom. The number of carbonyl (C=O) groups is 1. The maximum Gasteiger partial charge on any atom is 0.315 e. The number of urea groups is 1. The lowest BCUT2D eigenvalue weighted by molar-refractivity contribution is 0.131. The number of rotatable bonds is 3. The van der Waals surface area contributed by atoms with Crippen molar-refractivity contribution < 1.29 is 9.53 Å². The molecule has 2 amide bonds. The van der Waals surface area contributed by atoms with Crippen molar-refractivity contribution in [2.75, 3.05) is 0 Å². The van der Waals surface area contributed by atoms with E-state index in [0.717, 1.165) is 11.3 Å². The molecule has 112 valence electrons. The highest BCUT2D eigenvalue weighted by molar-refractivity contribution is 5.74. The van der Waals surface area contributed by atoms with Crippen molar-refractivity contribution in [2.24, 2.45) is 0 Å². The Hall–Kier alpha value is -1.71. The number of benzene rings is 1. The Morgan fingerprint density at radius 1 is 1.05 bits per heavy atom. The molecule has 20 heavy (non-hydrogen) atoms. The van der Waals surface area contributed by atoms with Gasteiger partial charge in [0.15, 0.2) is 0 Å². The first kappa shape index (κ1) is 16.3. The molecule has 4 heteroatoms. The molecule has 0 saturated carbocycles. The number of nitrogens with one attached hydrogen (secondary N) is 2. The van der Waals surface area contributed by atoms with Gasteiger partial charge in [0.05, 0.1) is 0 Å². The van der Waals surface area contributed by atoms with E-state index in [4.69, 9.17) is 4.74 Å². The number of carbonyl (C=O) groups excluding carboxylic acids is 1. The highest BCUT2D eigenvalue weighted by atomic mass is 16.5. The van der Waals surface area contributed by atoms with Gasteiger partial charge in [-0.1, -0.05) is 12.1 Å². The Bertz CT molecular complexity index is 439. The standard InChI is InChI=1S/C16H26N2O2/c1-15(2,3)18-14(19)17-11-12-7-9-13(10-8-12)20-16(4,5)6/h7-10H,11H2,1-6H3,(H2,17,18,19). The van der Waals surface area contributed by atoms with E-state index in [-0.39, 0.29) is 17.2 Å². The zero-order chi connectivity index (χ0) is 15.4. The van der Waals surface area contributed by atoms with Crippen molar-refractivity contribution in [3.05, 3.63) is 29.8 Å². The molecule has 0 spiro atoms. The van der Waals surface area contributed by atoms with Crippen molar-refractivity contribution in [3.8, 4) is 5.75 Å². The molecule has 0 saturated heterocycles. The van der Waals surface area contributed by atoms with Crippen molar-refractivity contribution in [2.45, 2.75) is 59.2 Å². The van der Waals surface area contributed by atoms with E-state index in [1.54, 1.807) is 0 Å². The van der Waals surface area contributed by atoms with E-state index in [0.29, 0.717) is 6.54 Å². The molecule has 0 radical (unpaired) electrons. The van der Waals surface area contributed by atoms with Crippen LogP contribution in [0.5, 0.6) is 5.75 Å². The van der Waals surface area contributed by atoms with Crippen LogP contribution >= 0.6 is 0 Å². The second kappa shape index (κ2) is 6.16. The summed E-state index contributed by atoms with van der Waals surface area (Å²) >= 11 is 0. The SMILES string of the molecule is CC(C)(C)NC(=O)NCc1ccc(OC(C)(C)C)cc1. The van der Waals surface area contributed by atoms with Crippen LogP contribution in [-0.2, 0) is 6.54 Å². The summed E-state index contributed by atoms with van der Waals surface area (Å²) in [5.74, 6) is 0.834. The lowest BCUT2D eigenvalue weighted by Crippen LogP contribution is -2.46. The molecule has 0 unspecified atom stereocenters. The highest BCUT2D eigenvalue weighted by Crippen LogP contribution is 2.18. The predicted octanol–water partition coefficient (Wildman–Crippen LogP) is 3.46.